The summed E-state index contributed by atoms with van der Waals surface area (Å²) in [6.45, 7) is 2.97. The van der Waals surface area contributed by atoms with E-state index < -0.39 is 12.1 Å². The zero-order valence-electron chi connectivity index (χ0n) is 17.5. The molecule has 2 aliphatic heterocycles. The number of nitrogens with zero attached hydrogens (tertiary/aromatic N) is 2. The van der Waals surface area contributed by atoms with E-state index in [1.54, 1.807) is 0 Å². The van der Waals surface area contributed by atoms with Crippen molar-refractivity contribution < 1.29 is 14.4 Å². The van der Waals surface area contributed by atoms with Gasteiger partial charge in [-0.15, -0.1) is 0 Å². The van der Waals surface area contributed by atoms with Gasteiger partial charge in [0.15, 0.2) is 0 Å². The molecule has 0 aromatic heterocycles. The molecule has 7 nitrogen and oxygen atoms in total. The molecular formula is C24H28N4O3. The molecule has 1 atom stereocenters. The van der Waals surface area contributed by atoms with Crippen LogP contribution in [0.3, 0.4) is 0 Å². The van der Waals surface area contributed by atoms with Crippen LogP contribution >= 0.6 is 0 Å². The lowest BCUT2D eigenvalue weighted by Crippen LogP contribution is -2.46. The van der Waals surface area contributed by atoms with Crippen LogP contribution in [0.15, 0.2) is 60.7 Å². The molecule has 2 aromatic rings. The van der Waals surface area contributed by atoms with E-state index in [9.17, 15) is 14.4 Å². The highest BCUT2D eigenvalue weighted by Crippen LogP contribution is 2.16. The minimum Gasteiger partial charge on any atom is -0.353 e. The molecule has 31 heavy (non-hydrogen) atoms. The molecule has 4 rings (SSSR count). The number of likely N-dealkylation sites (tertiary alicyclic amines) is 1. The van der Waals surface area contributed by atoms with Gasteiger partial charge in [-0.3, -0.25) is 19.4 Å². The first-order valence-electron chi connectivity index (χ1n) is 10.8. The molecule has 2 aliphatic rings. The van der Waals surface area contributed by atoms with Crippen molar-refractivity contribution in [3.63, 3.8) is 0 Å². The van der Waals surface area contributed by atoms with Gasteiger partial charge in [0.25, 0.3) is 5.91 Å². The third kappa shape index (κ3) is 5.49. The summed E-state index contributed by atoms with van der Waals surface area (Å²) in [5, 5.41) is 5.69. The second-order valence-corrected chi connectivity index (χ2v) is 8.22. The van der Waals surface area contributed by atoms with Crippen molar-refractivity contribution in [3.8, 4) is 0 Å². The van der Waals surface area contributed by atoms with Crippen LogP contribution in [-0.2, 0) is 22.7 Å². The Hall–Kier alpha value is -3.19. The van der Waals surface area contributed by atoms with E-state index in [1.807, 2.05) is 48.5 Å². The highest BCUT2D eigenvalue weighted by atomic mass is 16.2. The number of rotatable bonds is 7. The Bertz CT molecular complexity index is 911. The van der Waals surface area contributed by atoms with E-state index in [0.29, 0.717) is 0 Å². The van der Waals surface area contributed by atoms with Crippen molar-refractivity contribution in [1.82, 2.24) is 20.4 Å². The number of urea groups is 1. The van der Waals surface area contributed by atoms with Crippen LogP contribution < -0.4 is 10.6 Å². The third-order valence-electron chi connectivity index (χ3n) is 5.88. The smallest absolute Gasteiger partial charge is 0.325 e. The molecular weight excluding hydrogens is 392 g/mol. The van der Waals surface area contributed by atoms with E-state index in [4.69, 9.17) is 0 Å². The topological polar surface area (TPSA) is 81.8 Å². The van der Waals surface area contributed by atoms with E-state index >= 15 is 0 Å². The van der Waals surface area contributed by atoms with Crippen LogP contribution in [0.2, 0.25) is 0 Å². The Morgan fingerprint density at radius 1 is 0.903 bits per heavy atom. The van der Waals surface area contributed by atoms with Gasteiger partial charge in [0.05, 0.1) is 13.0 Å². The molecule has 0 bridgehead atoms. The molecule has 2 fully saturated rings. The fourth-order valence-corrected chi connectivity index (χ4v) is 4.18. The first kappa shape index (κ1) is 21.1. The Kier molecular flexibility index (Phi) is 6.62. The van der Waals surface area contributed by atoms with Crippen molar-refractivity contribution >= 4 is 17.8 Å². The number of amides is 4. The Balaban J connectivity index is 1.22. The van der Waals surface area contributed by atoms with Crippen LogP contribution in [0.4, 0.5) is 4.79 Å². The summed E-state index contributed by atoms with van der Waals surface area (Å²) in [5.41, 5.74) is 2.17. The summed E-state index contributed by atoms with van der Waals surface area (Å²) >= 11 is 0. The Morgan fingerprint density at radius 2 is 1.48 bits per heavy atom. The van der Waals surface area contributed by atoms with Gasteiger partial charge in [-0.2, -0.15) is 0 Å². The first-order valence-corrected chi connectivity index (χ1v) is 10.8. The van der Waals surface area contributed by atoms with Gasteiger partial charge in [-0.25, -0.2) is 4.79 Å². The highest BCUT2D eigenvalue weighted by Gasteiger charge is 2.39. The Morgan fingerprint density at radius 3 is 2.10 bits per heavy atom. The molecule has 2 heterocycles. The van der Waals surface area contributed by atoms with Crippen molar-refractivity contribution in [2.75, 3.05) is 13.1 Å². The number of carbonyl (C=O) groups excluding carboxylic acids is 3. The molecule has 4 amide bonds. The van der Waals surface area contributed by atoms with Crippen molar-refractivity contribution in [2.24, 2.45) is 0 Å². The predicted octanol–water partition coefficient (Wildman–Crippen LogP) is 2.28. The number of piperidine rings is 1. The highest BCUT2D eigenvalue weighted by molar-refractivity contribution is 6.05. The lowest BCUT2D eigenvalue weighted by Gasteiger charge is -2.32. The molecule has 0 radical (unpaired) electrons. The summed E-state index contributed by atoms with van der Waals surface area (Å²) in [7, 11) is 0. The average Bonchev–Trinajstić information content (AvgIpc) is 3.04. The van der Waals surface area contributed by atoms with Gasteiger partial charge >= 0.3 is 6.03 Å². The minimum absolute atomic E-state index is 0.0277. The van der Waals surface area contributed by atoms with Crippen molar-refractivity contribution in [3.05, 3.63) is 71.8 Å². The third-order valence-corrected chi connectivity index (χ3v) is 5.88. The second-order valence-electron chi connectivity index (χ2n) is 8.22. The van der Waals surface area contributed by atoms with Crippen molar-refractivity contribution in [1.29, 1.82) is 0 Å². The molecule has 2 N–H and O–H groups in total. The number of hydrogen-bond acceptors (Lipinski definition) is 4. The van der Waals surface area contributed by atoms with Gasteiger partial charge in [0.1, 0.15) is 6.04 Å². The number of imide groups is 1. The largest absolute Gasteiger partial charge is 0.353 e. The lowest BCUT2D eigenvalue weighted by atomic mass is 10.0. The standard InChI is InChI=1S/C24H28N4O3/c29-22(25-20-11-13-27(14-12-20)16-18-7-3-1-4-8-18)15-21-23(30)28(24(31)26-21)17-19-9-5-2-6-10-19/h1-10,20-21H,11-17H2,(H,25,29)(H,26,31)/t21-/m1/s1. The SMILES string of the molecule is O=C(C[C@H]1NC(=O)N(Cc2ccccc2)C1=O)NC1CCN(Cc2ccccc2)CC1. The van der Waals surface area contributed by atoms with Gasteiger partial charge in [-0.1, -0.05) is 60.7 Å². The maximum atomic E-state index is 12.6. The van der Waals surface area contributed by atoms with Crippen LogP contribution in [-0.4, -0.2) is 52.8 Å². The number of nitrogens with one attached hydrogen (secondary N) is 2. The van der Waals surface area contributed by atoms with Crippen LogP contribution in [0.25, 0.3) is 0 Å². The molecule has 0 saturated carbocycles. The molecule has 2 aromatic carbocycles. The maximum Gasteiger partial charge on any atom is 0.325 e. The second kappa shape index (κ2) is 9.75. The summed E-state index contributed by atoms with van der Waals surface area (Å²) in [6.07, 6.45) is 1.73. The van der Waals surface area contributed by atoms with Crippen LogP contribution in [0.5, 0.6) is 0 Å². The number of carbonyl (C=O) groups is 3. The molecule has 0 unspecified atom stereocenters. The van der Waals surface area contributed by atoms with Gasteiger partial charge < -0.3 is 10.6 Å². The van der Waals surface area contributed by atoms with Gasteiger partial charge in [0, 0.05) is 25.7 Å². The van der Waals surface area contributed by atoms with Crippen LogP contribution in [0.1, 0.15) is 30.4 Å². The zero-order chi connectivity index (χ0) is 21.6. The minimum atomic E-state index is -0.797. The van der Waals surface area contributed by atoms with E-state index in [1.165, 1.54) is 10.5 Å². The van der Waals surface area contributed by atoms with Gasteiger partial charge in [-0.05, 0) is 24.0 Å². The summed E-state index contributed by atoms with van der Waals surface area (Å²) in [5.74, 6) is -0.539. The average molecular weight is 421 g/mol. The number of benzene rings is 2. The molecule has 7 heteroatoms. The quantitative estimate of drug-likeness (QED) is 0.674. The van der Waals surface area contributed by atoms with Gasteiger partial charge in [0.2, 0.25) is 5.91 Å². The monoisotopic (exact) mass is 420 g/mol. The summed E-state index contributed by atoms with van der Waals surface area (Å²) in [4.78, 5) is 40.9. The fraction of sp³-hybridized carbons (Fsp3) is 0.375. The normalized spacial score (nSPS) is 20.0. The van der Waals surface area contributed by atoms with Crippen molar-refractivity contribution in [2.45, 2.75) is 44.4 Å². The lowest BCUT2D eigenvalue weighted by molar-refractivity contribution is -0.131. The van der Waals surface area contributed by atoms with Crippen LogP contribution in [0, 0.1) is 0 Å². The summed E-state index contributed by atoms with van der Waals surface area (Å²) in [6, 6.07) is 18.6. The first-order chi connectivity index (χ1) is 15.1. The summed E-state index contributed by atoms with van der Waals surface area (Å²) < 4.78 is 0. The number of hydrogen-bond donors (Lipinski definition) is 2. The predicted molar refractivity (Wildman–Crippen MR) is 117 cm³/mol. The maximum absolute atomic E-state index is 12.6. The fourth-order valence-electron chi connectivity index (χ4n) is 4.18. The Labute approximate surface area is 182 Å². The zero-order valence-corrected chi connectivity index (χ0v) is 17.5. The van der Waals surface area contributed by atoms with E-state index in [2.05, 4.69) is 27.7 Å². The molecule has 2 saturated heterocycles. The van der Waals surface area contributed by atoms with E-state index in [0.717, 1.165) is 38.0 Å². The molecule has 162 valence electrons. The molecule has 0 aliphatic carbocycles. The molecule has 0 spiro atoms. The van der Waals surface area contributed by atoms with E-state index in [-0.39, 0.29) is 30.8 Å².